The molecule has 5 nitrogen and oxygen atoms in total. The number of unbranched alkanes of at least 4 members (excludes halogenated alkanes) is 1. The zero-order valence-corrected chi connectivity index (χ0v) is 26.6. The molecule has 0 aromatic carbocycles. The zero-order chi connectivity index (χ0) is 29.8. The van der Waals surface area contributed by atoms with Crippen LogP contribution in [0.1, 0.15) is 131 Å². The number of amides is 2. The van der Waals surface area contributed by atoms with Gasteiger partial charge in [0.15, 0.2) is 0 Å². The lowest BCUT2D eigenvalue weighted by molar-refractivity contribution is -0.164. The number of fused-ring (bicyclic) bond motifs is 5. The van der Waals surface area contributed by atoms with Gasteiger partial charge in [-0.05, 0) is 117 Å². The summed E-state index contributed by atoms with van der Waals surface area (Å²) in [6, 6.07) is 0. The van der Waals surface area contributed by atoms with Crippen molar-refractivity contribution in [1.82, 2.24) is 10.6 Å². The van der Waals surface area contributed by atoms with Crippen LogP contribution in [0.3, 0.4) is 0 Å². The number of allylic oxidation sites excluding steroid dienone is 1. The topological polar surface area (TPSA) is 78.4 Å². The van der Waals surface area contributed by atoms with Gasteiger partial charge in [0, 0.05) is 11.8 Å². The maximum Gasteiger partial charge on any atom is 0.245 e. The maximum atomic E-state index is 12.7. The van der Waals surface area contributed by atoms with E-state index in [1.54, 1.807) is 6.08 Å². The fourth-order valence-corrected chi connectivity index (χ4v) is 10.1. The standard InChI is InChI=1S/C36H58N2O3/c1-7-14-31(38-33(41)34(3,4)22-8-2)37-32(40)17-11-9-10-16-26-19-21-28-27-20-18-25-15-12-13-23-35(25,5)29(27)24-30(39)36(26,28)6/h1,11,17,25-31,39H,8-10,12-16,18-24H2,2-6H3,(H,37,40)(H,38,41)/b17-11+. The summed E-state index contributed by atoms with van der Waals surface area (Å²) in [5.74, 6) is 5.83. The lowest BCUT2D eigenvalue weighted by Crippen LogP contribution is -2.57. The van der Waals surface area contributed by atoms with E-state index in [0.29, 0.717) is 23.2 Å². The van der Waals surface area contributed by atoms with E-state index in [1.807, 2.05) is 19.9 Å². The number of carbonyl (C=O) groups is 2. The van der Waals surface area contributed by atoms with Crippen LogP contribution in [-0.2, 0) is 9.59 Å². The molecular formula is C36H58N2O3. The van der Waals surface area contributed by atoms with Crippen LogP contribution in [0.2, 0.25) is 0 Å². The molecule has 0 aliphatic heterocycles. The number of hydrogen-bond donors (Lipinski definition) is 3. The number of aliphatic hydroxyl groups excluding tert-OH is 1. The van der Waals surface area contributed by atoms with Crippen molar-refractivity contribution in [2.45, 2.75) is 143 Å². The van der Waals surface area contributed by atoms with Crippen molar-refractivity contribution in [2.24, 2.45) is 45.8 Å². The van der Waals surface area contributed by atoms with Crippen LogP contribution in [0.25, 0.3) is 0 Å². The Hall–Kier alpha value is -1.80. The number of terminal acetylenes is 1. The quantitative estimate of drug-likeness (QED) is 0.108. The Labute approximate surface area is 250 Å². The van der Waals surface area contributed by atoms with Gasteiger partial charge in [0.25, 0.3) is 0 Å². The van der Waals surface area contributed by atoms with Gasteiger partial charge in [-0.15, -0.1) is 12.3 Å². The predicted octanol–water partition coefficient (Wildman–Crippen LogP) is 7.14. The first-order chi connectivity index (χ1) is 19.5. The fraction of sp³-hybridized carbons (Fsp3) is 0.833. The molecule has 3 N–H and O–H groups in total. The van der Waals surface area contributed by atoms with Crippen molar-refractivity contribution >= 4 is 11.8 Å². The smallest absolute Gasteiger partial charge is 0.245 e. The molecule has 2 amide bonds. The SMILES string of the molecule is C#CCC(NC(=O)/C=C/CCCC1CCC2C3CCC4CCCCC4(C)C3CC(O)C12C)NC(=O)C(C)(C)CCC. The molecule has 4 fully saturated rings. The number of nitrogens with one attached hydrogen (secondary N) is 2. The summed E-state index contributed by atoms with van der Waals surface area (Å²) in [4.78, 5) is 25.3. The average molecular weight is 567 g/mol. The van der Waals surface area contributed by atoms with E-state index in [1.165, 1.54) is 51.4 Å². The molecule has 0 bridgehead atoms. The van der Waals surface area contributed by atoms with Crippen molar-refractivity contribution in [1.29, 1.82) is 0 Å². The van der Waals surface area contributed by atoms with E-state index in [-0.39, 0.29) is 29.8 Å². The Balaban J connectivity index is 1.27. The third kappa shape index (κ3) is 6.58. The van der Waals surface area contributed by atoms with Gasteiger partial charge in [0.2, 0.25) is 11.8 Å². The monoisotopic (exact) mass is 566 g/mol. The summed E-state index contributed by atoms with van der Waals surface area (Å²) in [5.41, 5.74) is -0.0227. The molecule has 4 saturated carbocycles. The Morgan fingerprint density at radius 1 is 1.10 bits per heavy atom. The van der Waals surface area contributed by atoms with E-state index in [9.17, 15) is 14.7 Å². The number of carbonyl (C=O) groups excluding carboxylic acids is 2. The molecule has 0 aromatic heterocycles. The molecule has 9 atom stereocenters. The van der Waals surface area contributed by atoms with Crippen LogP contribution >= 0.6 is 0 Å². The molecule has 230 valence electrons. The highest BCUT2D eigenvalue weighted by molar-refractivity contribution is 5.88. The van der Waals surface area contributed by atoms with Crippen LogP contribution in [0, 0.1) is 58.2 Å². The molecule has 0 aromatic rings. The Bertz CT molecular complexity index is 997. The van der Waals surface area contributed by atoms with Crippen LogP contribution in [0.15, 0.2) is 12.2 Å². The molecular weight excluding hydrogens is 508 g/mol. The summed E-state index contributed by atoms with van der Waals surface area (Å²) in [6.45, 7) is 10.9. The van der Waals surface area contributed by atoms with E-state index in [4.69, 9.17) is 6.42 Å². The molecule has 0 spiro atoms. The van der Waals surface area contributed by atoms with E-state index in [2.05, 4.69) is 37.3 Å². The summed E-state index contributed by atoms with van der Waals surface area (Å²) in [7, 11) is 0. The number of aliphatic hydroxyl groups is 1. The van der Waals surface area contributed by atoms with Crippen LogP contribution in [0.4, 0.5) is 0 Å². The zero-order valence-electron chi connectivity index (χ0n) is 26.6. The summed E-state index contributed by atoms with van der Waals surface area (Å²) >= 11 is 0. The minimum atomic E-state index is -0.571. The highest BCUT2D eigenvalue weighted by Gasteiger charge is 2.62. The summed E-state index contributed by atoms with van der Waals surface area (Å²) in [5, 5.41) is 17.5. The molecule has 0 radical (unpaired) electrons. The molecule has 9 unspecified atom stereocenters. The minimum Gasteiger partial charge on any atom is -0.393 e. The summed E-state index contributed by atoms with van der Waals surface area (Å²) in [6.07, 6.45) is 25.0. The van der Waals surface area contributed by atoms with Crippen molar-refractivity contribution in [3.63, 3.8) is 0 Å². The van der Waals surface area contributed by atoms with Crippen molar-refractivity contribution in [3.8, 4) is 12.3 Å². The summed E-state index contributed by atoms with van der Waals surface area (Å²) < 4.78 is 0. The van der Waals surface area contributed by atoms with Gasteiger partial charge >= 0.3 is 0 Å². The minimum absolute atomic E-state index is 0.0341. The first-order valence-corrected chi connectivity index (χ1v) is 16.9. The first-order valence-electron chi connectivity index (χ1n) is 16.9. The Morgan fingerprint density at radius 3 is 2.61 bits per heavy atom. The maximum absolute atomic E-state index is 12.7. The van der Waals surface area contributed by atoms with E-state index < -0.39 is 11.6 Å². The molecule has 4 aliphatic rings. The van der Waals surface area contributed by atoms with Crippen LogP contribution < -0.4 is 10.6 Å². The third-order valence-corrected chi connectivity index (χ3v) is 12.5. The highest BCUT2D eigenvalue weighted by atomic mass is 16.3. The molecule has 0 saturated heterocycles. The second-order valence-corrected chi connectivity index (χ2v) is 15.2. The normalized spacial score (nSPS) is 37.4. The molecule has 4 aliphatic carbocycles. The number of rotatable bonds is 11. The van der Waals surface area contributed by atoms with Gasteiger partial charge in [-0.1, -0.05) is 60.0 Å². The largest absolute Gasteiger partial charge is 0.393 e. The highest BCUT2D eigenvalue weighted by Crippen LogP contribution is 2.67. The second-order valence-electron chi connectivity index (χ2n) is 15.2. The Morgan fingerprint density at radius 2 is 1.88 bits per heavy atom. The number of hydrogen-bond acceptors (Lipinski definition) is 3. The fourth-order valence-electron chi connectivity index (χ4n) is 10.1. The lowest BCUT2D eigenvalue weighted by atomic mass is 9.44. The predicted molar refractivity (Wildman–Crippen MR) is 166 cm³/mol. The molecule has 4 rings (SSSR count). The molecule has 41 heavy (non-hydrogen) atoms. The van der Waals surface area contributed by atoms with Crippen molar-refractivity contribution in [2.75, 3.05) is 0 Å². The van der Waals surface area contributed by atoms with E-state index >= 15 is 0 Å². The average Bonchev–Trinajstić information content (AvgIpc) is 3.26. The molecule has 5 heteroatoms. The van der Waals surface area contributed by atoms with Gasteiger partial charge < -0.3 is 15.7 Å². The second kappa shape index (κ2) is 13.2. The van der Waals surface area contributed by atoms with Crippen LogP contribution in [0.5, 0.6) is 0 Å². The van der Waals surface area contributed by atoms with Gasteiger partial charge in [-0.25, -0.2) is 0 Å². The van der Waals surface area contributed by atoms with Gasteiger partial charge in [0.1, 0.15) is 6.17 Å². The first kappa shape index (κ1) is 32.1. The van der Waals surface area contributed by atoms with Crippen molar-refractivity contribution < 1.29 is 14.7 Å². The van der Waals surface area contributed by atoms with Gasteiger partial charge in [-0.2, -0.15) is 0 Å². The van der Waals surface area contributed by atoms with Gasteiger partial charge in [0.05, 0.1) is 6.10 Å². The van der Waals surface area contributed by atoms with Crippen molar-refractivity contribution in [3.05, 3.63) is 12.2 Å². The lowest BCUT2D eigenvalue weighted by Gasteiger charge is -2.62. The molecule has 0 heterocycles. The Kier molecular flexibility index (Phi) is 10.4. The third-order valence-electron chi connectivity index (χ3n) is 12.5. The van der Waals surface area contributed by atoms with Gasteiger partial charge in [-0.3, -0.25) is 9.59 Å². The van der Waals surface area contributed by atoms with E-state index in [0.717, 1.165) is 50.4 Å². The van der Waals surface area contributed by atoms with Crippen LogP contribution in [-0.4, -0.2) is 29.2 Å².